The van der Waals surface area contributed by atoms with Crippen molar-refractivity contribution in [3.8, 4) is 5.75 Å². The first-order chi connectivity index (χ1) is 9.65. The molecule has 0 aliphatic carbocycles. The molecule has 0 bridgehead atoms. The van der Waals surface area contributed by atoms with Crippen molar-refractivity contribution in [2.75, 3.05) is 0 Å². The Labute approximate surface area is 116 Å². The topological polar surface area (TPSA) is 66.8 Å². The van der Waals surface area contributed by atoms with E-state index in [0.717, 1.165) is 11.1 Å². The molecule has 4 heteroatoms. The monoisotopic (exact) mass is 270 g/mol. The highest BCUT2D eigenvalue weighted by atomic mass is 16.6. The molecule has 2 aromatic rings. The average Bonchev–Trinajstić information content (AvgIpc) is 2.46. The van der Waals surface area contributed by atoms with Gasteiger partial charge < -0.3 is 14.9 Å². The summed E-state index contributed by atoms with van der Waals surface area (Å²) in [5.41, 5.74) is 2.07. The molecule has 1 heterocycles. The number of fused-ring (bicyclic) bond motifs is 1. The SMILES string of the molecule is O=C(O)c1ccc2c(c1)[C@@H](c1ccccc1)CC(O)O2. The number of carboxylic acid groups (broad SMARTS) is 1. The van der Waals surface area contributed by atoms with E-state index in [1.807, 2.05) is 30.3 Å². The van der Waals surface area contributed by atoms with Gasteiger partial charge >= 0.3 is 5.97 Å². The number of carboxylic acids is 1. The van der Waals surface area contributed by atoms with Gasteiger partial charge in [-0.2, -0.15) is 0 Å². The van der Waals surface area contributed by atoms with Crippen LogP contribution in [0, 0.1) is 0 Å². The van der Waals surface area contributed by atoms with Gasteiger partial charge in [0.25, 0.3) is 0 Å². The number of carbonyl (C=O) groups is 1. The Morgan fingerprint density at radius 3 is 2.60 bits per heavy atom. The molecule has 0 amide bonds. The molecule has 102 valence electrons. The molecule has 1 aliphatic rings. The third-order valence-electron chi connectivity index (χ3n) is 3.53. The minimum Gasteiger partial charge on any atom is -0.478 e. The lowest BCUT2D eigenvalue weighted by Crippen LogP contribution is -2.26. The molecular formula is C16H14O4. The molecule has 0 aromatic heterocycles. The van der Waals surface area contributed by atoms with Crippen LogP contribution in [0.15, 0.2) is 48.5 Å². The fourth-order valence-electron chi connectivity index (χ4n) is 2.59. The Morgan fingerprint density at radius 2 is 1.90 bits per heavy atom. The van der Waals surface area contributed by atoms with E-state index < -0.39 is 12.3 Å². The van der Waals surface area contributed by atoms with Gasteiger partial charge in [-0.15, -0.1) is 0 Å². The lowest BCUT2D eigenvalue weighted by Gasteiger charge is -2.30. The van der Waals surface area contributed by atoms with E-state index in [-0.39, 0.29) is 11.5 Å². The zero-order valence-corrected chi connectivity index (χ0v) is 10.7. The first kappa shape index (κ1) is 12.7. The first-order valence-corrected chi connectivity index (χ1v) is 6.42. The van der Waals surface area contributed by atoms with Crippen molar-refractivity contribution in [3.05, 3.63) is 65.2 Å². The van der Waals surface area contributed by atoms with Crippen molar-refractivity contribution in [2.24, 2.45) is 0 Å². The van der Waals surface area contributed by atoms with Gasteiger partial charge in [-0.25, -0.2) is 4.79 Å². The van der Waals surface area contributed by atoms with Crippen molar-refractivity contribution in [2.45, 2.75) is 18.6 Å². The molecule has 0 saturated carbocycles. The second-order valence-corrected chi connectivity index (χ2v) is 4.83. The number of aromatic carboxylic acids is 1. The molecule has 1 aliphatic heterocycles. The van der Waals surface area contributed by atoms with Crippen molar-refractivity contribution >= 4 is 5.97 Å². The molecule has 2 N–H and O–H groups in total. The van der Waals surface area contributed by atoms with Gasteiger partial charge in [0.15, 0.2) is 6.29 Å². The summed E-state index contributed by atoms with van der Waals surface area (Å²) in [6.45, 7) is 0. The molecule has 0 spiro atoms. The summed E-state index contributed by atoms with van der Waals surface area (Å²) in [5, 5.41) is 18.9. The maximum Gasteiger partial charge on any atom is 0.335 e. The van der Waals surface area contributed by atoms with Gasteiger partial charge in [0.2, 0.25) is 0 Å². The summed E-state index contributed by atoms with van der Waals surface area (Å²) in [5.74, 6) is -0.484. The molecule has 0 fully saturated rings. The van der Waals surface area contributed by atoms with E-state index in [1.54, 1.807) is 12.1 Å². The van der Waals surface area contributed by atoms with Crippen LogP contribution in [0.4, 0.5) is 0 Å². The van der Waals surface area contributed by atoms with E-state index in [9.17, 15) is 9.90 Å². The maximum atomic E-state index is 11.1. The lowest BCUT2D eigenvalue weighted by molar-refractivity contribution is -0.0359. The molecule has 0 saturated heterocycles. The molecule has 1 unspecified atom stereocenters. The summed E-state index contributed by atoms with van der Waals surface area (Å²) in [6, 6.07) is 14.4. The van der Waals surface area contributed by atoms with Crippen LogP contribution < -0.4 is 4.74 Å². The van der Waals surface area contributed by atoms with Crippen LogP contribution >= 0.6 is 0 Å². The summed E-state index contributed by atoms with van der Waals surface area (Å²) >= 11 is 0. The van der Waals surface area contributed by atoms with Gasteiger partial charge in [0.1, 0.15) is 5.75 Å². The van der Waals surface area contributed by atoms with Gasteiger partial charge in [-0.3, -0.25) is 0 Å². The second-order valence-electron chi connectivity index (χ2n) is 4.83. The van der Waals surface area contributed by atoms with Crippen LogP contribution in [-0.2, 0) is 0 Å². The summed E-state index contributed by atoms with van der Waals surface area (Å²) in [7, 11) is 0. The predicted molar refractivity (Wildman–Crippen MR) is 72.9 cm³/mol. The van der Waals surface area contributed by atoms with Crippen molar-refractivity contribution in [1.82, 2.24) is 0 Å². The van der Waals surface area contributed by atoms with Crippen LogP contribution in [0.3, 0.4) is 0 Å². The minimum absolute atomic E-state index is 0.0609. The fourth-order valence-corrected chi connectivity index (χ4v) is 2.59. The molecule has 2 aromatic carbocycles. The Hall–Kier alpha value is -2.33. The van der Waals surface area contributed by atoms with E-state index in [4.69, 9.17) is 9.84 Å². The van der Waals surface area contributed by atoms with E-state index in [1.165, 1.54) is 6.07 Å². The Morgan fingerprint density at radius 1 is 1.15 bits per heavy atom. The Balaban J connectivity index is 2.10. The number of rotatable bonds is 2. The molecule has 20 heavy (non-hydrogen) atoms. The molecule has 4 nitrogen and oxygen atoms in total. The van der Waals surface area contributed by atoms with E-state index in [0.29, 0.717) is 12.2 Å². The van der Waals surface area contributed by atoms with Crippen LogP contribution in [0.2, 0.25) is 0 Å². The highest BCUT2D eigenvalue weighted by Crippen LogP contribution is 2.40. The van der Waals surface area contributed by atoms with Crippen LogP contribution in [0.1, 0.15) is 33.8 Å². The average molecular weight is 270 g/mol. The third-order valence-corrected chi connectivity index (χ3v) is 3.53. The standard InChI is InChI=1S/C16H14O4/c17-15-9-12(10-4-2-1-3-5-10)13-8-11(16(18)19)6-7-14(13)20-15/h1-8,12,15,17H,9H2,(H,18,19)/t12-,15?/m1/s1. The minimum atomic E-state index is -0.967. The largest absolute Gasteiger partial charge is 0.478 e. The Bertz CT molecular complexity index is 636. The predicted octanol–water partition coefficient (Wildman–Crippen LogP) is 2.62. The zero-order valence-electron chi connectivity index (χ0n) is 10.7. The molecular weight excluding hydrogens is 256 g/mol. The zero-order chi connectivity index (χ0) is 14.1. The van der Waals surface area contributed by atoms with Gasteiger partial charge in [0, 0.05) is 17.9 Å². The normalized spacial score (nSPS) is 20.9. The maximum absolute atomic E-state index is 11.1. The van der Waals surface area contributed by atoms with E-state index in [2.05, 4.69) is 0 Å². The van der Waals surface area contributed by atoms with Crippen LogP contribution in [-0.4, -0.2) is 22.5 Å². The summed E-state index contributed by atoms with van der Waals surface area (Å²) < 4.78 is 5.38. The number of hydrogen-bond acceptors (Lipinski definition) is 3. The van der Waals surface area contributed by atoms with Crippen LogP contribution in [0.25, 0.3) is 0 Å². The van der Waals surface area contributed by atoms with Crippen molar-refractivity contribution in [3.63, 3.8) is 0 Å². The lowest BCUT2D eigenvalue weighted by atomic mass is 9.85. The summed E-state index contributed by atoms with van der Waals surface area (Å²) in [6.07, 6.45) is -0.455. The highest BCUT2D eigenvalue weighted by molar-refractivity contribution is 5.88. The third kappa shape index (κ3) is 2.26. The quantitative estimate of drug-likeness (QED) is 0.880. The van der Waals surface area contributed by atoms with Gasteiger partial charge in [-0.05, 0) is 23.8 Å². The summed E-state index contributed by atoms with van der Waals surface area (Å²) in [4.78, 5) is 11.1. The number of aliphatic hydroxyl groups excluding tert-OH is 1. The fraction of sp³-hybridized carbons (Fsp3) is 0.188. The van der Waals surface area contributed by atoms with Gasteiger partial charge in [-0.1, -0.05) is 30.3 Å². The smallest absolute Gasteiger partial charge is 0.335 e. The molecule has 3 rings (SSSR count). The van der Waals surface area contributed by atoms with Crippen molar-refractivity contribution < 1.29 is 19.7 Å². The van der Waals surface area contributed by atoms with Crippen LogP contribution in [0.5, 0.6) is 5.75 Å². The number of aliphatic hydroxyl groups is 1. The number of benzene rings is 2. The second kappa shape index (κ2) is 4.98. The first-order valence-electron chi connectivity index (χ1n) is 6.42. The van der Waals surface area contributed by atoms with E-state index >= 15 is 0 Å². The molecule has 2 atom stereocenters. The van der Waals surface area contributed by atoms with Gasteiger partial charge in [0.05, 0.1) is 5.56 Å². The Kier molecular flexibility index (Phi) is 3.16. The van der Waals surface area contributed by atoms with Crippen molar-refractivity contribution in [1.29, 1.82) is 0 Å². The number of ether oxygens (including phenoxy) is 1. The highest BCUT2D eigenvalue weighted by Gasteiger charge is 2.29. The number of hydrogen-bond donors (Lipinski definition) is 2. The molecule has 0 radical (unpaired) electrons.